The highest BCUT2D eigenvalue weighted by atomic mass is 19.1. The summed E-state index contributed by atoms with van der Waals surface area (Å²) in [6.45, 7) is 1.35. The van der Waals surface area contributed by atoms with E-state index in [9.17, 15) is 9.18 Å². The van der Waals surface area contributed by atoms with Gasteiger partial charge in [0.1, 0.15) is 5.82 Å². The summed E-state index contributed by atoms with van der Waals surface area (Å²) in [6.07, 6.45) is 8.87. The number of piperidine rings is 1. The fraction of sp³-hybridized carbons (Fsp3) is 0.619. The van der Waals surface area contributed by atoms with E-state index < -0.39 is 0 Å². The average Bonchev–Trinajstić information content (AvgIpc) is 2.97. The second-order valence-corrected chi connectivity index (χ2v) is 7.77. The van der Waals surface area contributed by atoms with Gasteiger partial charge in [-0.25, -0.2) is 9.18 Å². The van der Waals surface area contributed by atoms with Crippen LogP contribution in [0.15, 0.2) is 18.2 Å². The Bertz CT molecular complexity index is 694. The van der Waals surface area contributed by atoms with E-state index in [-0.39, 0.29) is 17.9 Å². The molecule has 1 atom stereocenters. The van der Waals surface area contributed by atoms with Crippen molar-refractivity contribution in [1.82, 2.24) is 10.2 Å². The van der Waals surface area contributed by atoms with Gasteiger partial charge >= 0.3 is 6.03 Å². The summed E-state index contributed by atoms with van der Waals surface area (Å²) in [7, 11) is 1.90. The number of anilines is 1. The number of carbonyl (C=O) groups excluding carboxylic acids is 1. The molecule has 0 radical (unpaired) electrons. The van der Waals surface area contributed by atoms with Crippen LogP contribution in [0.2, 0.25) is 0 Å². The van der Waals surface area contributed by atoms with E-state index in [0.717, 1.165) is 32.2 Å². The molecule has 0 spiro atoms. The van der Waals surface area contributed by atoms with Crippen LogP contribution in [0.3, 0.4) is 0 Å². The minimum atomic E-state index is -0.378. The Morgan fingerprint density at radius 1 is 1.22 bits per heavy atom. The van der Waals surface area contributed by atoms with Crippen LogP contribution in [0.25, 0.3) is 0 Å². The maximum absolute atomic E-state index is 14.3. The van der Waals surface area contributed by atoms with Crippen LogP contribution in [-0.2, 0) is 0 Å². The molecule has 1 saturated carbocycles. The van der Waals surface area contributed by atoms with Crippen molar-refractivity contribution in [3.05, 3.63) is 29.6 Å². The molecule has 27 heavy (non-hydrogen) atoms. The molecule has 0 unspecified atom stereocenters. The van der Waals surface area contributed by atoms with Crippen molar-refractivity contribution in [3.8, 4) is 6.07 Å². The number of urea groups is 1. The molecule has 1 saturated heterocycles. The van der Waals surface area contributed by atoms with E-state index in [4.69, 9.17) is 5.26 Å². The third kappa shape index (κ3) is 4.91. The largest absolute Gasteiger partial charge is 0.367 e. The first kappa shape index (κ1) is 19.5. The van der Waals surface area contributed by atoms with Crippen LogP contribution in [-0.4, -0.2) is 43.2 Å². The molecule has 146 valence electrons. The second kappa shape index (κ2) is 9.07. The molecule has 1 aromatic rings. The maximum atomic E-state index is 14.3. The Kier molecular flexibility index (Phi) is 6.54. The molecular weight excluding hydrogens is 343 g/mol. The average molecular weight is 372 g/mol. The molecular formula is C21H29FN4O. The molecule has 2 amide bonds. The lowest BCUT2D eigenvalue weighted by molar-refractivity contribution is 0.178. The second-order valence-electron chi connectivity index (χ2n) is 7.77. The first-order valence-corrected chi connectivity index (χ1v) is 10.1. The minimum Gasteiger partial charge on any atom is -0.367 e. The van der Waals surface area contributed by atoms with Gasteiger partial charge in [0.15, 0.2) is 0 Å². The van der Waals surface area contributed by atoms with Gasteiger partial charge in [0.2, 0.25) is 0 Å². The van der Waals surface area contributed by atoms with E-state index in [1.165, 1.54) is 31.7 Å². The standard InChI is InChI=1S/C21H29FN4O/c1-25(18-8-4-2-3-5-9-18)21(27)24-17-7-6-12-26(15-17)20-11-10-16(14-23)13-19(20)22/h10-11,13,17-18H,2-9,12,15H2,1H3,(H,24,27)/t17-/m0/s1. The van der Waals surface area contributed by atoms with E-state index in [1.807, 2.05) is 22.9 Å². The SMILES string of the molecule is CN(C(=O)N[C@H]1CCCN(c2ccc(C#N)cc2F)C1)C1CCCCCC1. The Hall–Kier alpha value is -2.29. The summed E-state index contributed by atoms with van der Waals surface area (Å²) in [4.78, 5) is 16.5. The number of rotatable bonds is 3. The summed E-state index contributed by atoms with van der Waals surface area (Å²) in [5.74, 6) is -0.378. The lowest BCUT2D eigenvalue weighted by atomic mass is 10.0. The first-order valence-electron chi connectivity index (χ1n) is 10.1. The van der Waals surface area contributed by atoms with Crippen molar-refractivity contribution in [2.75, 3.05) is 25.0 Å². The van der Waals surface area contributed by atoms with Crippen LogP contribution in [0.4, 0.5) is 14.9 Å². The zero-order chi connectivity index (χ0) is 19.2. The van der Waals surface area contributed by atoms with Gasteiger partial charge in [-0.05, 0) is 43.9 Å². The zero-order valence-electron chi connectivity index (χ0n) is 16.1. The molecule has 1 aromatic carbocycles. The van der Waals surface area contributed by atoms with Crippen molar-refractivity contribution in [2.45, 2.75) is 63.5 Å². The van der Waals surface area contributed by atoms with Crippen LogP contribution in [0.5, 0.6) is 0 Å². The third-order valence-electron chi connectivity index (χ3n) is 5.86. The Labute approximate surface area is 161 Å². The molecule has 2 aliphatic rings. The first-order chi connectivity index (χ1) is 13.1. The van der Waals surface area contributed by atoms with Crippen molar-refractivity contribution < 1.29 is 9.18 Å². The predicted molar refractivity (Wildman–Crippen MR) is 104 cm³/mol. The topological polar surface area (TPSA) is 59.4 Å². The predicted octanol–water partition coefficient (Wildman–Crippen LogP) is 4.03. The number of nitrogens with one attached hydrogen (secondary N) is 1. The maximum Gasteiger partial charge on any atom is 0.317 e. The zero-order valence-corrected chi connectivity index (χ0v) is 16.1. The van der Waals surface area contributed by atoms with Gasteiger partial charge in [-0.15, -0.1) is 0 Å². The molecule has 0 aromatic heterocycles. The van der Waals surface area contributed by atoms with Crippen molar-refractivity contribution >= 4 is 11.7 Å². The number of hydrogen-bond donors (Lipinski definition) is 1. The summed E-state index contributed by atoms with van der Waals surface area (Å²) in [6, 6.07) is 6.85. The van der Waals surface area contributed by atoms with E-state index in [2.05, 4.69) is 5.32 Å². The molecule has 0 bridgehead atoms. The summed E-state index contributed by atoms with van der Waals surface area (Å²) in [5.41, 5.74) is 0.827. The van der Waals surface area contributed by atoms with Crippen molar-refractivity contribution in [3.63, 3.8) is 0 Å². The lowest BCUT2D eigenvalue weighted by Crippen LogP contribution is -2.52. The fourth-order valence-corrected chi connectivity index (χ4v) is 4.23. The molecule has 6 heteroatoms. The molecule has 2 fully saturated rings. The van der Waals surface area contributed by atoms with Gasteiger partial charge in [0.05, 0.1) is 17.3 Å². The van der Waals surface area contributed by atoms with E-state index >= 15 is 0 Å². The number of benzene rings is 1. The Morgan fingerprint density at radius 2 is 1.96 bits per heavy atom. The van der Waals surface area contributed by atoms with Crippen LogP contribution < -0.4 is 10.2 Å². The van der Waals surface area contributed by atoms with Gasteiger partial charge < -0.3 is 15.1 Å². The number of carbonyl (C=O) groups is 1. The van der Waals surface area contributed by atoms with Crippen LogP contribution >= 0.6 is 0 Å². The Balaban J connectivity index is 1.59. The van der Waals surface area contributed by atoms with Gasteiger partial charge in [-0.1, -0.05) is 25.7 Å². The van der Waals surface area contributed by atoms with Crippen LogP contribution in [0.1, 0.15) is 56.9 Å². The van der Waals surface area contributed by atoms with Gasteiger partial charge in [0, 0.05) is 32.2 Å². The highest BCUT2D eigenvalue weighted by Crippen LogP contribution is 2.25. The summed E-state index contributed by atoms with van der Waals surface area (Å²) in [5, 5.41) is 12.0. The lowest BCUT2D eigenvalue weighted by Gasteiger charge is -2.36. The van der Waals surface area contributed by atoms with Gasteiger partial charge in [-0.3, -0.25) is 0 Å². The molecule has 1 aliphatic carbocycles. The number of halogens is 1. The summed E-state index contributed by atoms with van der Waals surface area (Å²) >= 11 is 0. The van der Waals surface area contributed by atoms with Crippen molar-refractivity contribution in [2.24, 2.45) is 0 Å². The van der Waals surface area contributed by atoms with E-state index in [1.54, 1.807) is 12.1 Å². The van der Waals surface area contributed by atoms with Gasteiger partial charge in [0.25, 0.3) is 0 Å². The Morgan fingerprint density at radius 3 is 2.63 bits per heavy atom. The molecule has 1 heterocycles. The van der Waals surface area contributed by atoms with Crippen molar-refractivity contribution in [1.29, 1.82) is 5.26 Å². The quantitative estimate of drug-likeness (QED) is 0.815. The van der Waals surface area contributed by atoms with Crippen LogP contribution in [0, 0.1) is 17.1 Å². The number of nitrogens with zero attached hydrogens (tertiary/aromatic N) is 3. The summed E-state index contributed by atoms with van der Waals surface area (Å²) < 4.78 is 14.3. The van der Waals surface area contributed by atoms with Gasteiger partial charge in [-0.2, -0.15) is 5.26 Å². The molecule has 1 N–H and O–H groups in total. The monoisotopic (exact) mass is 372 g/mol. The fourth-order valence-electron chi connectivity index (χ4n) is 4.23. The minimum absolute atomic E-state index is 0.00882. The highest BCUT2D eigenvalue weighted by Gasteiger charge is 2.27. The number of hydrogen-bond acceptors (Lipinski definition) is 3. The third-order valence-corrected chi connectivity index (χ3v) is 5.86. The molecule has 1 aliphatic heterocycles. The number of nitriles is 1. The number of amides is 2. The van der Waals surface area contributed by atoms with E-state index in [0.29, 0.717) is 23.8 Å². The molecule has 5 nitrogen and oxygen atoms in total. The highest BCUT2D eigenvalue weighted by molar-refractivity contribution is 5.74. The molecule has 3 rings (SSSR count). The smallest absolute Gasteiger partial charge is 0.317 e. The normalized spacial score (nSPS) is 21.2.